The number of carbonyl (C=O) groups is 1. The van der Waals surface area contributed by atoms with E-state index in [9.17, 15) is 13.2 Å². The molecule has 0 saturated heterocycles. The van der Waals surface area contributed by atoms with E-state index in [1.54, 1.807) is 42.5 Å². The zero-order valence-corrected chi connectivity index (χ0v) is 23.8. The molecule has 0 spiro atoms. The molecule has 0 fully saturated rings. The largest absolute Gasteiger partial charge is 0.496 e. The molecule has 4 rings (SSSR count). The van der Waals surface area contributed by atoms with E-state index in [0.29, 0.717) is 21.5 Å². The lowest BCUT2D eigenvalue weighted by Crippen LogP contribution is -2.30. The van der Waals surface area contributed by atoms with Crippen molar-refractivity contribution in [2.75, 3.05) is 16.7 Å². The summed E-state index contributed by atoms with van der Waals surface area (Å²) in [5.74, 6) is 0.324. The molecule has 0 aliphatic carbocycles. The van der Waals surface area contributed by atoms with Crippen LogP contribution in [0, 0.1) is 6.92 Å². The number of anilines is 2. The molecule has 4 aromatic carbocycles. The summed E-state index contributed by atoms with van der Waals surface area (Å²) in [4.78, 5) is 13.0. The summed E-state index contributed by atoms with van der Waals surface area (Å²) in [6, 6.07) is 26.7. The minimum Gasteiger partial charge on any atom is -0.496 e. The summed E-state index contributed by atoms with van der Waals surface area (Å²) >= 11 is 3.39. The van der Waals surface area contributed by atoms with Gasteiger partial charge in [0.2, 0.25) is 0 Å². The van der Waals surface area contributed by atoms with E-state index in [0.717, 1.165) is 28.8 Å². The van der Waals surface area contributed by atoms with Crippen LogP contribution in [0.5, 0.6) is 5.75 Å². The number of carbonyl (C=O) groups excluding carboxylic acids is 1. The van der Waals surface area contributed by atoms with Crippen molar-refractivity contribution in [2.24, 2.45) is 0 Å². The van der Waals surface area contributed by atoms with E-state index in [4.69, 9.17) is 4.74 Å². The van der Waals surface area contributed by atoms with Gasteiger partial charge in [-0.1, -0.05) is 55.0 Å². The molecule has 0 aromatic heterocycles. The van der Waals surface area contributed by atoms with Gasteiger partial charge >= 0.3 is 0 Å². The van der Waals surface area contributed by atoms with Crippen molar-refractivity contribution < 1.29 is 17.9 Å². The maximum absolute atomic E-state index is 13.8. The average Bonchev–Trinajstić information content (AvgIpc) is 2.92. The third-order valence-corrected chi connectivity index (χ3v) is 8.61. The number of benzene rings is 4. The Morgan fingerprint density at radius 1 is 0.947 bits per heavy atom. The first-order chi connectivity index (χ1) is 18.2. The van der Waals surface area contributed by atoms with Crippen LogP contribution in [0.2, 0.25) is 0 Å². The van der Waals surface area contributed by atoms with Gasteiger partial charge < -0.3 is 10.1 Å². The fourth-order valence-electron chi connectivity index (χ4n) is 4.03. The molecule has 0 unspecified atom stereocenters. The van der Waals surface area contributed by atoms with Crippen molar-refractivity contribution >= 4 is 43.2 Å². The zero-order chi connectivity index (χ0) is 27.3. The van der Waals surface area contributed by atoms with Gasteiger partial charge in [-0.3, -0.25) is 9.10 Å². The Bertz CT molecular complexity index is 1540. The Kier molecular flexibility index (Phi) is 8.54. The normalized spacial score (nSPS) is 11.2. The summed E-state index contributed by atoms with van der Waals surface area (Å²) in [5.41, 5.74) is 4.64. The highest BCUT2D eigenvalue weighted by atomic mass is 79.9. The van der Waals surface area contributed by atoms with Crippen molar-refractivity contribution in [3.8, 4) is 5.75 Å². The molecule has 0 aliphatic heterocycles. The maximum Gasteiger partial charge on any atom is 0.264 e. The minimum atomic E-state index is -3.92. The molecule has 38 heavy (non-hydrogen) atoms. The second-order valence-corrected chi connectivity index (χ2v) is 11.5. The topological polar surface area (TPSA) is 75.7 Å². The molecule has 0 aliphatic rings. The summed E-state index contributed by atoms with van der Waals surface area (Å²) in [6.07, 6.45) is 0.809. The van der Waals surface area contributed by atoms with Gasteiger partial charge in [0.05, 0.1) is 28.7 Å². The molecular weight excluding hydrogens is 564 g/mol. The predicted molar refractivity (Wildman–Crippen MR) is 155 cm³/mol. The van der Waals surface area contributed by atoms with Crippen LogP contribution in [-0.4, -0.2) is 21.4 Å². The number of sulfonamides is 1. The Labute approximate surface area is 232 Å². The Morgan fingerprint density at radius 3 is 2.26 bits per heavy atom. The van der Waals surface area contributed by atoms with Crippen LogP contribution in [0.3, 0.4) is 0 Å². The first-order valence-electron chi connectivity index (χ1n) is 12.1. The zero-order valence-electron chi connectivity index (χ0n) is 21.4. The van der Waals surface area contributed by atoms with Crippen LogP contribution in [0.25, 0.3) is 0 Å². The monoisotopic (exact) mass is 592 g/mol. The van der Waals surface area contributed by atoms with Crippen LogP contribution in [0.1, 0.15) is 34.0 Å². The van der Waals surface area contributed by atoms with Crippen LogP contribution < -0.4 is 14.4 Å². The van der Waals surface area contributed by atoms with Gasteiger partial charge in [-0.05, 0) is 88.9 Å². The second kappa shape index (κ2) is 11.8. The molecule has 196 valence electrons. The number of nitrogens with one attached hydrogen (secondary N) is 1. The fraction of sp³-hybridized carbons (Fsp3) is 0.167. The molecule has 1 amide bonds. The van der Waals surface area contributed by atoms with E-state index < -0.39 is 10.0 Å². The molecule has 6 nitrogen and oxygen atoms in total. The Hall–Kier alpha value is -3.62. The lowest BCUT2D eigenvalue weighted by molar-refractivity contribution is 0.102. The minimum absolute atomic E-state index is 0.0929. The van der Waals surface area contributed by atoms with E-state index >= 15 is 0 Å². The highest BCUT2D eigenvalue weighted by molar-refractivity contribution is 9.10. The quantitative estimate of drug-likeness (QED) is 0.227. The third-order valence-electron chi connectivity index (χ3n) is 6.22. The molecule has 0 radical (unpaired) electrons. The maximum atomic E-state index is 13.8. The number of nitrogens with zero attached hydrogens (tertiary/aromatic N) is 1. The number of para-hydroxylation sites is 1. The van der Waals surface area contributed by atoms with Crippen LogP contribution in [0.4, 0.5) is 11.4 Å². The van der Waals surface area contributed by atoms with Crippen LogP contribution in [-0.2, 0) is 23.0 Å². The molecule has 0 atom stereocenters. The molecule has 0 bridgehead atoms. The summed E-state index contributed by atoms with van der Waals surface area (Å²) in [5, 5.41) is 2.97. The SMILES string of the molecule is CCc1ccccc1NC(=O)c1ccc(CN(c2ccc(C)cc2)S(=O)(=O)c2ccc(OC)c(Br)c2)cc1. The molecule has 0 heterocycles. The van der Waals surface area contributed by atoms with Gasteiger partial charge in [0.25, 0.3) is 15.9 Å². The van der Waals surface area contributed by atoms with E-state index in [2.05, 4.69) is 21.2 Å². The first kappa shape index (κ1) is 27.4. The van der Waals surface area contributed by atoms with E-state index in [1.807, 2.05) is 50.2 Å². The number of ether oxygens (including phenoxy) is 1. The van der Waals surface area contributed by atoms with Crippen molar-refractivity contribution in [1.29, 1.82) is 0 Å². The first-order valence-corrected chi connectivity index (χ1v) is 14.4. The van der Waals surface area contributed by atoms with Crippen molar-refractivity contribution in [2.45, 2.75) is 31.7 Å². The van der Waals surface area contributed by atoms with Gasteiger partial charge in [0.15, 0.2) is 0 Å². The summed E-state index contributed by atoms with van der Waals surface area (Å²) in [7, 11) is -2.39. The van der Waals surface area contributed by atoms with Crippen molar-refractivity contribution in [3.05, 3.63) is 118 Å². The van der Waals surface area contributed by atoms with Crippen molar-refractivity contribution in [3.63, 3.8) is 0 Å². The van der Waals surface area contributed by atoms with E-state index in [1.165, 1.54) is 23.5 Å². The van der Waals surface area contributed by atoms with Gasteiger partial charge in [0.1, 0.15) is 5.75 Å². The van der Waals surface area contributed by atoms with Gasteiger partial charge in [-0.15, -0.1) is 0 Å². The number of hydrogen-bond donors (Lipinski definition) is 1. The van der Waals surface area contributed by atoms with Crippen LogP contribution in [0.15, 0.2) is 100 Å². The molecular formula is C30H29BrN2O4S. The van der Waals surface area contributed by atoms with Gasteiger partial charge in [-0.25, -0.2) is 8.42 Å². The number of aryl methyl sites for hydroxylation is 2. The number of halogens is 1. The second-order valence-electron chi connectivity index (χ2n) is 8.81. The predicted octanol–water partition coefficient (Wildman–Crippen LogP) is 6.98. The highest BCUT2D eigenvalue weighted by Gasteiger charge is 2.26. The molecule has 8 heteroatoms. The number of hydrogen-bond acceptors (Lipinski definition) is 4. The highest BCUT2D eigenvalue weighted by Crippen LogP contribution is 2.32. The van der Waals surface area contributed by atoms with Gasteiger partial charge in [0, 0.05) is 11.3 Å². The van der Waals surface area contributed by atoms with Crippen molar-refractivity contribution in [1.82, 2.24) is 0 Å². The van der Waals surface area contributed by atoms with Crippen LogP contribution >= 0.6 is 15.9 Å². The van der Waals surface area contributed by atoms with Gasteiger partial charge in [-0.2, -0.15) is 0 Å². The molecule has 4 aromatic rings. The third kappa shape index (κ3) is 6.09. The smallest absolute Gasteiger partial charge is 0.264 e. The lowest BCUT2D eigenvalue weighted by Gasteiger charge is -2.25. The Morgan fingerprint density at radius 2 is 1.63 bits per heavy atom. The summed E-state index contributed by atoms with van der Waals surface area (Å²) in [6.45, 7) is 4.08. The fourth-order valence-corrected chi connectivity index (χ4v) is 6.21. The number of amides is 1. The van der Waals surface area contributed by atoms with E-state index in [-0.39, 0.29) is 17.3 Å². The molecule has 0 saturated carbocycles. The lowest BCUT2D eigenvalue weighted by atomic mass is 10.1. The average molecular weight is 594 g/mol. The molecule has 1 N–H and O–H groups in total. The number of rotatable bonds is 9. The summed E-state index contributed by atoms with van der Waals surface area (Å²) < 4.78 is 34.8. The Balaban J connectivity index is 1.62. The standard InChI is InChI=1S/C30H29BrN2O4S/c1-4-23-7-5-6-8-28(23)32-30(34)24-13-11-22(12-14-24)20-33(25-15-9-21(2)10-16-25)38(35,36)26-17-18-29(37-3)27(31)19-26/h5-19H,4,20H2,1-3H3,(H,32,34). The number of methoxy groups -OCH3 is 1.